The lowest BCUT2D eigenvalue weighted by atomic mass is 10.1. The molecule has 0 aromatic heterocycles. The standard InChI is InChI=1S/C22H18N2O5/c25-19-11-9-16(10-12-19)21(26)24-23-13-18-3-1-2-4-20(18)29-14-15-5-7-17(8-6-15)22(27)28/h1-13,25H,14H2,(H,24,26)(H,27,28)/b23-13+. The number of hydrazone groups is 1. The van der Waals surface area contributed by atoms with Crippen molar-refractivity contribution in [2.24, 2.45) is 5.10 Å². The molecule has 29 heavy (non-hydrogen) atoms. The maximum Gasteiger partial charge on any atom is 0.335 e. The third-order valence-electron chi connectivity index (χ3n) is 4.01. The number of carbonyl (C=O) groups excluding carboxylic acids is 1. The van der Waals surface area contributed by atoms with E-state index in [9.17, 15) is 14.7 Å². The van der Waals surface area contributed by atoms with E-state index in [1.807, 2.05) is 12.1 Å². The Hall–Kier alpha value is -4.13. The number of rotatable bonds is 7. The molecule has 7 heteroatoms. The summed E-state index contributed by atoms with van der Waals surface area (Å²) in [4.78, 5) is 22.9. The van der Waals surface area contributed by atoms with Gasteiger partial charge in [0.05, 0.1) is 11.8 Å². The first-order valence-corrected chi connectivity index (χ1v) is 8.69. The van der Waals surface area contributed by atoms with E-state index in [-0.39, 0.29) is 17.9 Å². The molecule has 146 valence electrons. The van der Waals surface area contributed by atoms with Crippen molar-refractivity contribution in [3.8, 4) is 11.5 Å². The summed E-state index contributed by atoms with van der Waals surface area (Å²) >= 11 is 0. The van der Waals surface area contributed by atoms with Gasteiger partial charge < -0.3 is 14.9 Å². The molecule has 0 saturated heterocycles. The van der Waals surface area contributed by atoms with Crippen LogP contribution in [0.4, 0.5) is 0 Å². The Morgan fingerprint density at radius 1 is 0.931 bits per heavy atom. The van der Waals surface area contributed by atoms with Crippen molar-refractivity contribution in [3.63, 3.8) is 0 Å². The first-order chi connectivity index (χ1) is 14.0. The van der Waals surface area contributed by atoms with Gasteiger partial charge in [-0.3, -0.25) is 4.79 Å². The first kappa shape index (κ1) is 19.6. The zero-order valence-corrected chi connectivity index (χ0v) is 15.3. The molecule has 3 aromatic carbocycles. The van der Waals surface area contributed by atoms with Gasteiger partial charge in [-0.15, -0.1) is 0 Å². The van der Waals surface area contributed by atoms with Crippen LogP contribution in [-0.4, -0.2) is 28.3 Å². The molecule has 3 aromatic rings. The zero-order valence-electron chi connectivity index (χ0n) is 15.3. The van der Waals surface area contributed by atoms with E-state index in [1.165, 1.54) is 42.6 Å². The number of nitrogens with zero attached hydrogens (tertiary/aromatic N) is 1. The smallest absolute Gasteiger partial charge is 0.335 e. The molecule has 0 radical (unpaired) electrons. The largest absolute Gasteiger partial charge is 0.508 e. The molecule has 0 spiro atoms. The van der Waals surface area contributed by atoms with Crippen LogP contribution in [0.25, 0.3) is 0 Å². The molecule has 0 heterocycles. The van der Waals surface area contributed by atoms with E-state index in [4.69, 9.17) is 9.84 Å². The normalized spacial score (nSPS) is 10.6. The number of para-hydroxylation sites is 1. The van der Waals surface area contributed by atoms with Gasteiger partial charge in [0, 0.05) is 11.1 Å². The molecule has 0 aliphatic carbocycles. The molecular formula is C22H18N2O5. The Morgan fingerprint density at radius 3 is 2.28 bits per heavy atom. The quantitative estimate of drug-likeness (QED) is 0.423. The van der Waals surface area contributed by atoms with Crippen molar-refractivity contribution in [1.82, 2.24) is 5.43 Å². The predicted octanol–water partition coefficient (Wildman–Crippen LogP) is 3.43. The molecular weight excluding hydrogens is 372 g/mol. The van der Waals surface area contributed by atoms with Crippen molar-refractivity contribution in [1.29, 1.82) is 0 Å². The molecule has 3 rings (SSSR count). The van der Waals surface area contributed by atoms with E-state index >= 15 is 0 Å². The molecule has 0 atom stereocenters. The van der Waals surface area contributed by atoms with Crippen LogP contribution in [0.15, 0.2) is 77.9 Å². The zero-order chi connectivity index (χ0) is 20.6. The van der Waals surface area contributed by atoms with Crippen LogP contribution in [0, 0.1) is 0 Å². The van der Waals surface area contributed by atoms with Crippen LogP contribution in [0.3, 0.4) is 0 Å². The summed E-state index contributed by atoms with van der Waals surface area (Å²) in [6.45, 7) is 0.255. The molecule has 3 N–H and O–H groups in total. The summed E-state index contributed by atoms with van der Waals surface area (Å²) in [6.07, 6.45) is 1.47. The van der Waals surface area contributed by atoms with Gasteiger partial charge in [-0.25, -0.2) is 10.2 Å². The number of aromatic hydroxyl groups is 1. The van der Waals surface area contributed by atoms with Crippen LogP contribution in [-0.2, 0) is 6.61 Å². The van der Waals surface area contributed by atoms with Gasteiger partial charge in [0.15, 0.2) is 0 Å². The molecule has 0 fully saturated rings. The number of carboxylic acids is 1. The Kier molecular flexibility index (Phi) is 6.22. The van der Waals surface area contributed by atoms with Crippen LogP contribution in [0.2, 0.25) is 0 Å². The summed E-state index contributed by atoms with van der Waals surface area (Å²) in [5.41, 5.74) is 4.49. The second-order valence-corrected chi connectivity index (χ2v) is 6.07. The van der Waals surface area contributed by atoms with Gasteiger partial charge in [-0.05, 0) is 54.1 Å². The van der Waals surface area contributed by atoms with Crippen LogP contribution >= 0.6 is 0 Å². The monoisotopic (exact) mass is 390 g/mol. The number of hydrogen-bond donors (Lipinski definition) is 3. The van der Waals surface area contributed by atoms with E-state index in [0.717, 1.165) is 5.56 Å². The van der Waals surface area contributed by atoms with E-state index < -0.39 is 11.9 Å². The lowest BCUT2D eigenvalue weighted by Crippen LogP contribution is -2.17. The predicted molar refractivity (Wildman–Crippen MR) is 107 cm³/mol. The Labute approximate surface area is 166 Å². The lowest BCUT2D eigenvalue weighted by Gasteiger charge is -2.09. The Bertz CT molecular complexity index is 1030. The highest BCUT2D eigenvalue weighted by molar-refractivity contribution is 5.95. The van der Waals surface area contributed by atoms with Crippen molar-refractivity contribution < 1.29 is 24.5 Å². The lowest BCUT2D eigenvalue weighted by molar-refractivity contribution is 0.0696. The minimum atomic E-state index is -0.978. The molecule has 1 amide bonds. The fourth-order valence-corrected chi connectivity index (χ4v) is 2.46. The number of carboxylic acid groups (broad SMARTS) is 1. The van der Waals surface area contributed by atoms with Crippen LogP contribution in [0.1, 0.15) is 31.8 Å². The second kappa shape index (κ2) is 9.18. The molecule has 0 aliphatic rings. The van der Waals surface area contributed by atoms with Crippen LogP contribution in [0.5, 0.6) is 11.5 Å². The number of hydrogen-bond acceptors (Lipinski definition) is 5. The SMILES string of the molecule is O=C(O)c1ccc(COc2ccccc2/C=N/NC(=O)c2ccc(O)cc2)cc1. The average Bonchev–Trinajstić information content (AvgIpc) is 2.73. The summed E-state index contributed by atoms with van der Waals surface area (Å²) in [5.74, 6) is -0.738. The third kappa shape index (κ3) is 5.43. The average molecular weight is 390 g/mol. The first-order valence-electron chi connectivity index (χ1n) is 8.69. The molecule has 0 unspecified atom stereocenters. The molecule has 0 saturated carbocycles. The summed E-state index contributed by atoms with van der Waals surface area (Å²) in [7, 11) is 0. The Balaban J connectivity index is 1.62. The maximum absolute atomic E-state index is 12.0. The topological polar surface area (TPSA) is 108 Å². The number of phenols is 1. The van der Waals surface area contributed by atoms with Gasteiger partial charge in [-0.2, -0.15) is 5.10 Å². The van der Waals surface area contributed by atoms with Crippen molar-refractivity contribution in [2.75, 3.05) is 0 Å². The number of amides is 1. The van der Waals surface area contributed by atoms with Crippen molar-refractivity contribution in [2.45, 2.75) is 6.61 Å². The minimum Gasteiger partial charge on any atom is -0.508 e. The Morgan fingerprint density at radius 2 is 1.59 bits per heavy atom. The molecule has 0 aliphatic heterocycles. The van der Waals surface area contributed by atoms with Gasteiger partial charge in [-0.1, -0.05) is 24.3 Å². The summed E-state index contributed by atoms with van der Waals surface area (Å²) in [5, 5.41) is 22.2. The summed E-state index contributed by atoms with van der Waals surface area (Å²) < 4.78 is 5.80. The van der Waals surface area contributed by atoms with Gasteiger partial charge in [0.1, 0.15) is 18.1 Å². The fraction of sp³-hybridized carbons (Fsp3) is 0.0455. The van der Waals surface area contributed by atoms with E-state index in [1.54, 1.807) is 24.3 Å². The maximum atomic E-state index is 12.0. The van der Waals surface area contributed by atoms with E-state index in [0.29, 0.717) is 16.9 Å². The van der Waals surface area contributed by atoms with Crippen LogP contribution < -0.4 is 10.2 Å². The number of benzene rings is 3. The fourth-order valence-electron chi connectivity index (χ4n) is 2.46. The van der Waals surface area contributed by atoms with Gasteiger partial charge in [0.25, 0.3) is 5.91 Å². The third-order valence-corrected chi connectivity index (χ3v) is 4.01. The second-order valence-electron chi connectivity index (χ2n) is 6.07. The minimum absolute atomic E-state index is 0.0775. The number of phenolic OH excluding ortho intramolecular Hbond substituents is 1. The van der Waals surface area contributed by atoms with Crippen molar-refractivity contribution in [3.05, 3.63) is 95.1 Å². The van der Waals surface area contributed by atoms with Gasteiger partial charge in [0.2, 0.25) is 0 Å². The molecule has 7 nitrogen and oxygen atoms in total. The van der Waals surface area contributed by atoms with Crippen molar-refractivity contribution >= 4 is 18.1 Å². The number of ether oxygens (including phenoxy) is 1. The van der Waals surface area contributed by atoms with Gasteiger partial charge >= 0.3 is 5.97 Å². The number of aromatic carboxylic acids is 1. The number of nitrogens with one attached hydrogen (secondary N) is 1. The highest BCUT2D eigenvalue weighted by Gasteiger charge is 2.06. The highest BCUT2D eigenvalue weighted by atomic mass is 16.5. The highest BCUT2D eigenvalue weighted by Crippen LogP contribution is 2.18. The molecule has 0 bridgehead atoms. The number of carbonyl (C=O) groups is 2. The van der Waals surface area contributed by atoms with E-state index in [2.05, 4.69) is 10.5 Å². The summed E-state index contributed by atoms with van der Waals surface area (Å²) in [6, 6.07) is 19.5.